The van der Waals surface area contributed by atoms with Gasteiger partial charge in [0.2, 0.25) is 5.16 Å². The van der Waals surface area contributed by atoms with Crippen LogP contribution in [-0.2, 0) is 0 Å². The van der Waals surface area contributed by atoms with E-state index >= 15 is 0 Å². The van der Waals surface area contributed by atoms with E-state index in [0.29, 0.717) is 0 Å². The Morgan fingerprint density at radius 3 is 2.31 bits per heavy atom. The Balaban J connectivity index is 1.82. The normalized spacial score (nSPS) is 10.7. The summed E-state index contributed by atoms with van der Waals surface area (Å²) in [5, 5.41) is 10.5. The summed E-state index contributed by atoms with van der Waals surface area (Å²) in [6.45, 7) is 0. The van der Waals surface area contributed by atoms with E-state index < -0.39 is 0 Å². The van der Waals surface area contributed by atoms with Crippen LogP contribution in [0.25, 0.3) is 17.1 Å². The van der Waals surface area contributed by atoms with Crippen LogP contribution in [0.4, 0.5) is 0 Å². The van der Waals surface area contributed by atoms with Crippen LogP contribution in [0.1, 0.15) is 0 Å². The van der Waals surface area contributed by atoms with Gasteiger partial charge in [-0.15, -0.1) is 10.2 Å². The first-order valence-electron chi connectivity index (χ1n) is 8.09. The van der Waals surface area contributed by atoms with E-state index in [1.807, 2.05) is 77.4 Å². The average Bonchev–Trinajstić information content (AvgIpc) is 3.13. The Hall–Kier alpha value is -3.12. The van der Waals surface area contributed by atoms with E-state index in [-0.39, 0.29) is 0 Å². The lowest BCUT2D eigenvalue weighted by Gasteiger charge is -2.11. The highest BCUT2D eigenvalue weighted by Crippen LogP contribution is 2.31. The van der Waals surface area contributed by atoms with Crippen LogP contribution in [0.15, 0.2) is 89.2 Å². The van der Waals surface area contributed by atoms with Crippen LogP contribution in [0, 0.1) is 0 Å². The zero-order valence-corrected chi connectivity index (χ0v) is 14.9. The molecule has 0 aliphatic rings. The Kier molecular flexibility index (Phi) is 4.66. The van der Waals surface area contributed by atoms with Crippen molar-refractivity contribution in [2.24, 2.45) is 0 Å². The van der Waals surface area contributed by atoms with Crippen LogP contribution in [0.2, 0.25) is 0 Å². The lowest BCUT2D eigenvalue weighted by Crippen LogP contribution is -2.00. The van der Waals surface area contributed by atoms with Gasteiger partial charge in [0.1, 0.15) is 10.8 Å². The molecule has 0 spiro atoms. The van der Waals surface area contributed by atoms with Gasteiger partial charge >= 0.3 is 0 Å². The molecule has 2 aromatic carbocycles. The zero-order chi connectivity index (χ0) is 17.8. The summed E-state index contributed by atoms with van der Waals surface area (Å²) in [4.78, 5) is 4.38. The lowest BCUT2D eigenvalue weighted by atomic mass is 10.2. The summed E-state index contributed by atoms with van der Waals surface area (Å²) >= 11 is 1.48. The van der Waals surface area contributed by atoms with Crippen molar-refractivity contribution in [3.63, 3.8) is 0 Å². The molecule has 0 radical (unpaired) electrons. The molecule has 4 rings (SSSR count). The smallest absolute Gasteiger partial charge is 0.202 e. The van der Waals surface area contributed by atoms with E-state index in [1.54, 1.807) is 13.3 Å². The van der Waals surface area contributed by atoms with Crippen molar-refractivity contribution in [3.8, 4) is 22.8 Å². The largest absolute Gasteiger partial charge is 0.497 e. The molecule has 0 saturated heterocycles. The van der Waals surface area contributed by atoms with Gasteiger partial charge in [-0.3, -0.25) is 4.57 Å². The first-order valence-corrected chi connectivity index (χ1v) is 8.91. The number of aromatic nitrogens is 4. The topological polar surface area (TPSA) is 52.8 Å². The molecule has 0 saturated carbocycles. The highest BCUT2D eigenvalue weighted by molar-refractivity contribution is 7.99. The van der Waals surface area contributed by atoms with Crippen molar-refractivity contribution < 1.29 is 4.74 Å². The predicted octanol–water partition coefficient (Wildman–Crippen LogP) is 4.49. The fourth-order valence-electron chi connectivity index (χ4n) is 2.58. The second kappa shape index (κ2) is 7.41. The molecule has 4 aromatic rings. The summed E-state index contributed by atoms with van der Waals surface area (Å²) in [7, 11) is 1.66. The average molecular weight is 360 g/mol. The molecule has 0 unspecified atom stereocenters. The second-order valence-corrected chi connectivity index (χ2v) is 6.46. The third-order valence-corrected chi connectivity index (χ3v) is 4.73. The number of rotatable bonds is 5. The van der Waals surface area contributed by atoms with Crippen molar-refractivity contribution in [1.82, 2.24) is 19.7 Å². The highest BCUT2D eigenvalue weighted by atomic mass is 32.2. The van der Waals surface area contributed by atoms with E-state index in [1.165, 1.54) is 11.8 Å². The summed E-state index contributed by atoms with van der Waals surface area (Å²) in [6.07, 6.45) is 1.77. The Bertz CT molecular complexity index is 986. The molecule has 5 nitrogen and oxygen atoms in total. The van der Waals surface area contributed by atoms with E-state index in [9.17, 15) is 0 Å². The van der Waals surface area contributed by atoms with Gasteiger partial charge in [-0.25, -0.2) is 4.98 Å². The summed E-state index contributed by atoms with van der Waals surface area (Å²) < 4.78 is 7.31. The monoisotopic (exact) mass is 360 g/mol. The van der Waals surface area contributed by atoms with Crippen molar-refractivity contribution >= 4 is 11.8 Å². The molecular formula is C20H16N4OS. The number of ether oxygens (including phenoxy) is 1. The SMILES string of the molecule is COc1ccc(-n2c(Sc3ccccn3)nnc2-c2ccccc2)cc1. The maximum Gasteiger partial charge on any atom is 0.202 e. The Labute approximate surface area is 155 Å². The van der Waals surface area contributed by atoms with E-state index in [0.717, 1.165) is 33.0 Å². The summed E-state index contributed by atoms with van der Waals surface area (Å²) in [5.41, 5.74) is 1.97. The van der Waals surface area contributed by atoms with Crippen molar-refractivity contribution in [2.45, 2.75) is 10.2 Å². The van der Waals surface area contributed by atoms with Crippen LogP contribution in [-0.4, -0.2) is 26.9 Å². The molecule has 2 heterocycles. The van der Waals surface area contributed by atoms with Gasteiger partial charge in [0.15, 0.2) is 5.82 Å². The molecule has 0 amide bonds. The van der Waals surface area contributed by atoms with Crippen LogP contribution in [0.5, 0.6) is 5.75 Å². The molecule has 26 heavy (non-hydrogen) atoms. The fourth-order valence-corrected chi connectivity index (χ4v) is 3.39. The maximum absolute atomic E-state index is 5.27. The Morgan fingerprint density at radius 2 is 1.62 bits per heavy atom. The fraction of sp³-hybridized carbons (Fsp3) is 0.0500. The molecule has 0 atom stereocenters. The second-order valence-electron chi connectivity index (χ2n) is 5.48. The number of hydrogen-bond donors (Lipinski definition) is 0. The standard InChI is InChI=1S/C20H16N4OS/c1-25-17-12-10-16(11-13-17)24-19(15-7-3-2-4-8-15)22-23-20(24)26-18-9-5-6-14-21-18/h2-14H,1H3. The molecule has 0 aliphatic carbocycles. The number of pyridine rings is 1. The van der Waals surface area contributed by atoms with Crippen LogP contribution in [0.3, 0.4) is 0 Å². The van der Waals surface area contributed by atoms with Crippen molar-refractivity contribution in [3.05, 3.63) is 79.0 Å². The molecule has 2 aromatic heterocycles. The third kappa shape index (κ3) is 3.32. The molecule has 0 fully saturated rings. The number of nitrogens with zero attached hydrogens (tertiary/aromatic N) is 4. The summed E-state index contributed by atoms with van der Waals surface area (Å²) in [6, 6.07) is 23.7. The summed E-state index contributed by atoms with van der Waals surface area (Å²) in [5.74, 6) is 1.59. The zero-order valence-electron chi connectivity index (χ0n) is 14.1. The van der Waals surface area contributed by atoms with Crippen molar-refractivity contribution in [1.29, 1.82) is 0 Å². The van der Waals surface area contributed by atoms with Gasteiger partial charge in [-0.05, 0) is 48.2 Å². The maximum atomic E-state index is 5.27. The lowest BCUT2D eigenvalue weighted by molar-refractivity contribution is 0.414. The predicted molar refractivity (Wildman–Crippen MR) is 102 cm³/mol. The van der Waals surface area contributed by atoms with Crippen LogP contribution < -0.4 is 4.74 Å². The minimum Gasteiger partial charge on any atom is -0.497 e. The Morgan fingerprint density at radius 1 is 0.846 bits per heavy atom. The minimum absolute atomic E-state index is 0.757. The quantitative estimate of drug-likeness (QED) is 0.525. The van der Waals surface area contributed by atoms with Gasteiger partial charge in [0, 0.05) is 11.8 Å². The third-order valence-electron chi connectivity index (χ3n) is 3.83. The number of methoxy groups -OCH3 is 1. The first kappa shape index (κ1) is 16.4. The molecule has 6 heteroatoms. The van der Waals surface area contributed by atoms with E-state index in [2.05, 4.69) is 15.2 Å². The van der Waals surface area contributed by atoms with Crippen molar-refractivity contribution in [2.75, 3.05) is 7.11 Å². The van der Waals surface area contributed by atoms with Gasteiger partial charge in [0.05, 0.1) is 12.8 Å². The van der Waals surface area contributed by atoms with Gasteiger partial charge in [-0.2, -0.15) is 0 Å². The number of benzene rings is 2. The highest BCUT2D eigenvalue weighted by Gasteiger charge is 2.17. The number of hydrogen-bond acceptors (Lipinski definition) is 5. The molecule has 0 bridgehead atoms. The molecular weight excluding hydrogens is 344 g/mol. The van der Waals surface area contributed by atoms with E-state index in [4.69, 9.17) is 4.74 Å². The molecule has 0 aliphatic heterocycles. The van der Waals surface area contributed by atoms with Crippen LogP contribution >= 0.6 is 11.8 Å². The first-order chi connectivity index (χ1) is 12.8. The van der Waals surface area contributed by atoms with Gasteiger partial charge in [0.25, 0.3) is 0 Å². The minimum atomic E-state index is 0.757. The molecule has 128 valence electrons. The van der Waals surface area contributed by atoms with Gasteiger partial charge < -0.3 is 4.74 Å². The van der Waals surface area contributed by atoms with Gasteiger partial charge in [-0.1, -0.05) is 36.4 Å². The molecule has 0 N–H and O–H groups in total.